The summed E-state index contributed by atoms with van der Waals surface area (Å²) in [6, 6.07) is 0. The lowest BCUT2D eigenvalue weighted by molar-refractivity contribution is -0.190. The first-order valence-corrected chi connectivity index (χ1v) is 5.80. The number of carbonyl (C=O) groups is 3. The van der Waals surface area contributed by atoms with Crippen molar-refractivity contribution in [3.8, 4) is 0 Å². The molecule has 6 nitrogen and oxygen atoms in total. The van der Waals surface area contributed by atoms with E-state index in [9.17, 15) is 19.5 Å². The molecule has 96 valence electrons. The summed E-state index contributed by atoms with van der Waals surface area (Å²) in [6.45, 7) is 3.28. The molecule has 0 aromatic carbocycles. The second-order valence-corrected chi connectivity index (χ2v) is 5.03. The van der Waals surface area contributed by atoms with E-state index >= 15 is 0 Å². The van der Waals surface area contributed by atoms with E-state index in [-0.39, 0.29) is 17.8 Å². The van der Waals surface area contributed by atoms with E-state index in [0.29, 0.717) is 12.8 Å². The van der Waals surface area contributed by atoms with Crippen molar-refractivity contribution in [2.45, 2.75) is 24.5 Å². The number of carbonyl (C=O) groups excluding carboxylic acids is 2. The number of hydrogen-bond donors (Lipinski definition) is 1. The predicted octanol–water partition coefficient (Wildman–Crippen LogP) is 0.120. The fraction of sp³-hybridized carbons (Fsp3) is 0.583. The fourth-order valence-corrected chi connectivity index (χ4v) is 3.68. The largest absolute Gasteiger partial charge is 0.478 e. The molecule has 18 heavy (non-hydrogen) atoms. The average Bonchev–Trinajstić information content (AvgIpc) is 2.91. The highest BCUT2D eigenvalue weighted by Gasteiger charge is 2.76. The van der Waals surface area contributed by atoms with E-state index in [1.807, 2.05) is 0 Å². The zero-order valence-electron chi connectivity index (χ0n) is 9.50. The van der Waals surface area contributed by atoms with Gasteiger partial charge in [-0.15, -0.1) is 0 Å². The van der Waals surface area contributed by atoms with E-state index in [2.05, 4.69) is 6.58 Å². The highest BCUT2D eigenvalue weighted by molar-refractivity contribution is 5.91. The van der Waals surface area contributed by atoms with Crippen LogP contribution in [0.15, 0.2) is 12.7 Å². The molecule has 0 amide bonds. The van der Waals surface area contributed by atoms with Gasteiger partial charge in [-0.25, -0.2) is 9.59 Å². The fourth-order valence-electron chi connectivity index (χ4n) is 3.68. The molecule has 3 fully saturated rings. The van der Waals surface area contributed by atoms with Crippen molar-refractivity contribution in [1.29, 1.82) is 0 Å². The van der Waals surface area contributed by atoms with Crippen LogP contribution in [0.4, 0.5) is 0 Å². The smallest absolute Gasteiger partial charge is 0.352 e. The number of aliphatic carboxylic acids is 1. The maximum Gasteiger partial charge on any atom is 0.352 e. The number of hydrogen-bond acceptors (Lipinski definition) is 5. The first-order chi connectivity index (χ1) is 8.50. The Morgan fingerprint density at radius 1 is 1.50 bits per heavy atom. The third-order valence-corrected chi connectivity index (χ3v) is 4.32. The van der Waals surface area contributed by atoms with Gasteiger partial charge in [0, 0.05) is 17.9 Å². The normalized spacial score (nSPS) is 43.7. The van der Waals surface area contributed by atoms with Crippen LogP contribution in [0, 0.1) is 17.8 Å². The molecule has 6 heteroatoms. The maximum atomic E-state index is 11.7. The lowest BCUT2D eigenvalue weighted by atomic mass is 9.78. The predicted molar refractivity (Wildman–Crippen MR) is 56.2 cm³/mol. The summed E-state index contributed by atoms with van der Waals surface area (Å²) in [5, 5.41) is 9.39. The van der Waals surface area contributed by atoms with Crippen LogP contribution in [0.25, 0.3) is 0 Å². The van der Waals surface area contributed by atoms with Gasteiger partial charge in [-0.1, -0.05) is 6.58 Å². The highest BCUT2D eigenvalue weighted by Crippen LogP contribution is 2.61. The van der Waals surface area contributed by atoms with Gasteiger partial charge in [0.2, 0.25) is 5.60 Å². The van der Waals surface area contributed by atoms with E-state index in [4.69, 9.17) is 9.47 Å². The SMILES string of the molecule is C=CC(=O)OC1C2CC3[C@@H](C2)C(=O)OC13C(=O)O. The Morgan fingerprint density at radius 2 is 2.22 bits per heavy atom. The molecule has 3 aliphatic rings. The molecular weight excluding hydrogens is 240 g/mol. The summed E-state index contributed by atoms with van der Waals surface area (Å²) in [4.78, 5) is 34.5. The van der Waals surface area contributed by atoms with Gasteiger partial charge in [-0.05, 0) is 12.8 Å². The van der Waals surface area contributed by atoms with Crippen molar-refractivity contribution in [2.75, 3.05) is 0 Å². The topological polar surface area (TPSA) is 89.9 Å². The summed E-state index contributed by atoms with van der Waals surface area (Å²) in [7, 11) is 0. The van der Waals surface area contributed by atoms with Crippen molar-refractivity contribution in [2.24, 2.45) is 17.8 Å². The third kappa shape index (κ3) is 1.10. The monoisotopic (exact) mass is 252 g/mol. The van der Waals surface area contributed by atoms with Crippen molar-refractivity contribution in [1.82, 2.24) is 0 Å². The molecule has 2 saturated carbocycles. The van der Waals surface area contributed by atoms with Gasteiger partial charge in [-0.2, -0.15) is 0 Å². The molecule has 2 aliphatic carbocycles. The second kappa shape index (κ2) is 3.34. The van der Waals surface area contributed by atoms with Crippen LogP contribution >= 0.6 is 0 Å². The standard InChI is InChI=1S/C12H12O6/c1-2-8(13)17-9-5-3-6-7(4-5)12(9,11(15)16)18-10(6)14/h2,5-7,9H,1,3-4H2,(H,15,16)/t5?,6-,7?,9?,12?/m1/s1. The molecule has 4 unspecified atom stereocenters. The molecule has 1 saturated heterocycles. The quantitative estimate of drug-likeness (QED) is 0.566. The zero-order chi connectivity index (χ0) is 13.1. The molecular formula is C12H12O6. The molecule has 1 heterocycles. The molecule has 0 aromatic heterocycles. The zero-order valence-corrected chi connectivity index (χ0v) is 9.50. The first-order valence-electron chi connectivity index (χ1n) is 5.80. The lowest BCUT2D eigenvalue weighted by Gasteiger charge is -2.33. The molecule has 0 aromatic rings. The van der Waals surface area contributed by atoms with Crippen LogP contribution in [-0.2, 0) is 23.9 Å². The summed E-state index contributed by atoms with van der Waals surface area (Å²) in [6.07, 6.45) is 1.18. The summed E-state index contributed by atoms with van der Waals surface area (Å²) in [5.74, 6) is -3.26. The van der Waals surface area contributed by atoms with Gasteiger partial charge in [0.15, 0.2) is 6.10 Å². The molecule has 5 atom stereocenters. The first kappa shape index (κ1) is 11.3. The van der Waals surface area contributed by atoms with E-state index in [0.717, 1.165) is 6.08 Å². The minimum absolute atomic E-state index is 0.119. The maximum absolute atomic E-state index is 11.7. The minimum Gasteiger partial charge on any atom is -0.478 e. The van der Waals surface area contributed by atoms with Gasteiger partial charge in [0.05, 0.1) is 5.92 Å². The van der Waals surface area contributed by atoms with E-state index in [1.165, 1.54) is 0 Å². The van der Waals surface area contributed by atoms with Crippen LogP contribution in [0.2, 0.25) is 0 Å². The Balaban J connectivity index is 2.00. The third-order valence-electron chi connectivity index (χ3n) is 4.32. The number of carboxylic acids is 1. The number of fused-ring (bicyclic) bond motifs is 1. The Hall–Kier alpha value is -1.85. The lowest BCUT2D eigenvalue weighted by Crippen LogP contribution is -2.54. The van der Waals surface area contributed by atoms with Crippen molar-refractivity contribution in [3.63, 3.8) is 0 Å². The Bertz CT molecular complexity index is 469. The second-order valence-electron chi connectivity index (χ2n) is 5.03. The molecule has 1 aliphatic heterocycles. The van der Waals surface area contributed by atoms with Crippen LogP contribution in [0.1, 0.15) is 12.8 Å². The highest BCUT2D eigenvalue weighted by atomic mass is 16.6. The Labute approximate surface area is 103 Å². The van der Waals surface area contributed by atoms with E-state index < -0.39 is 29.6 Å². The summed E-state index contributed by atoms with van der Waals surface area (Å²) < 4.78 is 10.2. The van der Waals surface area contributed by atoms with Gasteiger partial charge in [0.1, 0.15) is 0 Å². The summed E-state index contributed by atoms with van der Waals surface area (Å²) >= 11 is 0. The molecule has 1 N–H and O–H groups in total. The van der Waals surface area contributed by atoms with Gasteiger partial charge >= 0.3 is 17.9 Å². The number of esters is 2. The molecule has 0 spiro atoms. The molecule has 0 radical (unpaired) electrons. The van der Waals surface area contributed by atoms with Crippen molar-refractivity contribution >= 4 is 17.9 Å². The van der Waals surface area contributed by atoms with Gasteiger partial charge in [0.25, 0.3) is 0 Å². The van der Waals surface area contributed by atoms with Crippen LogP contribution in [0.3, 0.4) is 0 Å². The van der Waals surface area contributed by atoms with Crippen LogP contribution in [-0.4, -0.2) is 34.7 Å². The number of rotatable bonds is 3. The molecule has 3 rings (SSSR count). The van der Waals surface area contributed by atoms with Crippen LogP contribution < -0.4 is 0 Å². The Morgan fingerprint density at radius 3 is 2.83 bits per heavy atom. The Kier molecular flexibility index (Phi) is 2.09. The number of ether oxygens (including phenoxy) is 2. The minimum atomic E-state index is -1.68. The van der Waals surface area contributed by atoms with E-state index in [1.54, 1.807) is 0 Å². The van der Waals surface area contributed by atoms with Crippen molar-refractivity contribution < 1.29 is 29.0 Å². The van der Waals surface area contributed by atoms with Crippen LogP contribution in [0.5, 0.6) is 0 Å². The average molecular weight is 252 g/mol. The number of carboxylic acid groups (broad SMARTS) is 1. The molecule has 2 bridgehead atoms. The van der Waals surface area contributed by atoms with Gasteiger partial charge < -0.3 is 14.6 Å². The van der Waals surface area contributed by atoms with Gasteiger partial charge in [-0.3, -0.25) is 4.79 Å². The summed E-state index contributed by atoms with van der Waals surface area (Å²) in [5.41, 5.74) is -1.68. The van der Waals surface area contributed by atoms with Crippen molar-refractivity contribution in [3.05, 3.63) is 12.7 Å².